The first-order valence-electron chi connectivity index (χ1n) is 7.29. The van der Waals surface area contributed by atoms with Crippen LogP contribution in [0.4, 0.5) is 0 Å². The Labute approximate surface area is 124 Å². The topological polar surface area (TPSA) is 47.1 Å². The number of aromatic nitrogens is 2. The average Bonchev–Trinajstić information content (AvgIpc) is 3.02. The summed E-state index contributed by atoms with van der Waals surface area (Å²) in [5.74, 6) is 0.946. The molecule has 1 aromatic heterocycles. The minimum absolute atomic E-state index is 0.0697. The van der Waals surface area contributed by atoms with E-state index in [4.69, 9.17) is 17.3 Å². The van der Waals surface area contributed by atoms with Crippen LogP contribution >= 0.6 is 11.6 Å². The molecule has 108 valence electrons. The number of nitrogens with two attached hydrogens (primary N) is 1. The van der Waals surface area contributed by atoms with Crippen molar-refractivity contribution in [2.24, 2.45) is 5.73 Å². The molecule has 2 N–H and O–H groups in total. The van der Waals surface area contributed by atoms with Gasteiger partial charge in [0.05, 0.1) is 17.1 Å². The zero-order chi connectivity index (χ0) is 14.1. The van der Waals surface area contributed by atoms with Gasteiger partial charge in [0.1, 0.15) is 5.82 Å². The van der Waals surface area contributed by atoms with Crippen LogP contribution in [0.1, 0.15) is 31.6 Å². The van der Waals surface area contributed by atoms with Crippen LogP contribution < -0.4 is 5.73 Å². The maximum absolute atomic E-state index is 6.07. The van der Waals surface area contributed by atoms with Crippen molar-refractivity contribution in [1.29, 1.82) is 0 Å². The fraction of sp³-hybridized carbons (Fsp3) is 0.533. The molecular weight excluding hydrogens is 272 g/mol. The van der Waals surface area contributed by atoms with Gasteiger partial charge in [-0.25, -0.2) is 4.98 Å². The van der Waals surface area contributed by atoms with Crippen LogP contribution in [-0.4, -0.2) is 34.1 Å². The van der Waals surface area contributed by atoms with Crippen LogP contribution in [0.25, 0.3) is 11.0 Å². The number of fused-ring (bicyclic) bond motifs is 1. The molecule has 1 unspecified atom stereocenters. The molecule has 2 aromatic rings. The van der Waals surface area contributed by atoms with E-state index >= 15 is 0 Å². The highest BCUT2D eigenvalue weighted by Crippen LogP contribution is 2.23. The number of benzene rings is 1. The molecule has 0 radical (unpaired) electrons. The van der Waals surface area contributed by atoms with Gasteiger partial charge in [0, 0.05) is 18.1 Å². The molecule has 2 heterocycles. The zero-order valence-electron chi connectivity index (χ0n) is 11.8. The number of halogens is 1. The monoisotopic (exact) mass is 292 g/mol. The lowest BCUT2D eigenvalue weighted by atomic mass is 10.3. The summed E-state index contributed by atoms with van der Waals surface area (Å²) in [6.07, 6.45) is 2.64. The summed E-state index contributed by atoms with van der Waals surface area (Å²) in [6.45, 7) is 6.41. The lowest BCUT2D eigenvalue weighted by Gasteiger charge is -2.17. The number of likely N-dealkylation sites (tertiary alicyclic amines) is 1. The Morgan fingerprint density at radius 1 is 1.30 bits per heavy atom. The third kappa shape index (κ3) is 2.68. The summed E-state index contributed by atoms with van der Waals surface area (Å²) >= 11 is 6.05. The van der Waals surface area contributed by atoms with Crippen molar-refractivity contribution in [3.8, 4) is 0 Å². The van der Waals surface area contributed by atoms with Crippen molar-refractivity contribution in [2.45, 2.75) is 32.4 Å². The Morgan fingerprint density at radius 3 is 2.75 bits per heavy atom. The molecule has 0 saturated carbocycles. The standard InChI is InChI=1S/C15H21ClN4/c1-11(17)15-18-13-10-12(16)4-5-14(13)20(15)9-8-19-6-2-3-7-19/h4-5,10-11H,2-3,6-9,17H2,1H3. The highest BCUT2D eigenvalue weighted by atomic mass is 35.5. The molecule has 0 bridgehead atoms. The molecule has 1 aromatic carbocycles. The first-order valence-corrected chi connectivity index (χ1v) is 7.66. The van der Waals surface area contributed by atoms with Gasteiger partial charge in [0.25, 0.3) is 0 Å². The molecule has 1 saturated heterocycles. The van der Waals surface area contributed by atoms with Gasteiger partial charge in [0.2, 0.25) is 0 Å². The predicted octanol–water partition coefficient (Wildman–Crippen LogP) is 2.81. The van der Waals surface area contributed by atoms with E-state index in [2.05, 4.69) is 14.5 Å². The number of rotatable bonds is 4. The molecular formula is C15H21ClN4. The predicted molar refractivity (Wildman–Crippen MR) is 83.0 cm³/mol. The molecule has 0 amide bonds. The maximum atomic E-state index is 6.07. The molecule has 1 atom stereocenters. The minimum Gasteiger partial charge on any atom is -0.325 e. The van der Waals surface area contributed by atoms with Gasteiger partial charge in [-0.15, -0.1) is 0 Å². The maximum Gasteiger partial charge on any atom is 0.126 e. The molecule has 1 fully saturated rings. The normalized spacial score (nSPS) is 17.9. The van der Waals surface area contributed by atoms with Crippen molar-refractivity contribution in [3.05, 3.63) is 29.0 Å². The van der Waals surface area contributed by atoms with E-state index in [1.807, 2.05) is 25.1 Å². The Kier molecular flexibility index (Phi) is 3.96. The Morgan fingerprint density at radius 2 is 2.05 bits per heavy atom. The smallest absolute Gasteiger partial charge is 0.126 e. The van der Waals surface area contributed by atoms with Crippen LogP contribution in [0.3, 0.4) is 0 Å². The van der Waals surface area contributed by atoms with Gasteiger partial charge < -0.3 is 15.2 Å². The van der Waals surface area contributed by atoms with Crippen LogP contribution in [0.2, 0.25) is 5.02 Å². The molecule has 3 rings (SSSR count). The largest absolute Gasteiger partial charge is 0.325 e. The van der Waals surface area contributed by atoms with Crippen molar-refractivity contribution in [1.82, 2.24) is 14.5 Å². The van der Waals surface area contributed by atoms with Crippen LogP contribution in [0.15, 0.2) is 18.2 Å². The summed E-state index contributed by atoms with van der Waals surface area (Å²) in [6, 6.07) is 5.80. The van der Waals surface area contributed by atoms with Crippen molar-refractivity contribution < 1.29 is 0 Å². The molecule has 1 aliphatic heterocycles. The first kappa shape index (κ1) is 13.9. The second-order valence-electron chi connectivity index (χ2n) is 5.59. The highest BCUT2D eigenvalue weighted by Gasteiger charge is 2.16. The lowest BCUT2D eigenvalue weighted by molar-refractivity contribution is 0.321. The van der Waals surface area contributed by atoms with Gasteiger partial charge in [0.15, 0.2) is 0 Å². The highest BCUT2D eigenvalue weighted by molar-refractivity contribution is 6.31. The second kappa shape index (κ2) is 5.72. The van der Waals surface area contributed by atoms with Gasteiger partial charge in [-0.2, -0.15) is 0 Å². The van der Waals surface area contributed by atoms with E-state index in [-0.39, 0.29) is 6.04 Å². The SMILES string of the molecule is CC(N)c1nc2cc(Cl)ccc2n1CCN1CCCC1. The summed E-state index contributed by atoms with van der Waals surface area (Å²) in [7, 11) is 0. The quantitative estimate of drug-likeness (QED) is 0.942. The lowest BCUT2D eigenvalue weighted by Crippen LogP contribution is -2.25. The van der Waals surface area contributed by atoms with Gasteiger partial charge in [-0.1, -0.05) is 11.6 Å². The second-order valence-corrected chi connectivity index (χ2v) is 6.03. The third-order valence-electron chi connectivity index (χ3n) is 3.99. The minimum atomic E-state index is -0.0697. The van der Waals surface area contributed by atoms with Crippen molar-refractivity contribution in [2.75, 3.05) is 19.6 Å². The molecule has 0 aliphatic carbocycles. The van der Waals surface area contributed by atoms with E-state index in [1.54, 1.807) is 0 Å². The zero-order valence-corrected chi connectivity index (χ0v) is 12.6. The van der Waals surface area contributed by atoms with E-state index < -0.39 is 0 Å². The first-order chi connectivity index (χ1) is 9.65. The Bertz CT molecular complexity index is 599. The van der Waals surface area contributed by atoms with E-state index in [0.29, 0.717) is 0 Å². The van der Waals surface area contributed by atoms with Gasteiger partial charge in [-0.05, 0) is 51.1 Å². The molecule has 20 heavy (non-hydrogen) atoms. The van der Waals surface area contributed by atoms with E-state index in [9.17, 15) is 0 Å². The number of imidazole rings is 1. The molecule has 4 nitrogen and oxygen atoms in total. The fourth-order valence-electron chi connectivity index (χ4n) is 2.95. The number of nitrogens with zero attached hydrogens (tertiary/aromatic N) is 3. The number of hydrogen-bond acceptors (Lipinski definition) is 3. The summed E-state index contributed by atoms with van der Waals surface area (Å²) in [5.41, 5.74) is 8.13. The van der Waals surface area contributed by atoms with Crippen molar-refractivity contribution in [3.63, 3.8) is 0 Å². The molecule has 0 spiro atoms. The number of hydrogen-bond donors (Lipinski definition) is 1. The van der Waals surface area contributed by atoms with Gasteiger partial charge in [-0.3, -0.25) is 0 Å². The molecule has 1 aliphatic rings. The third-order valence-corrected chi connectivity index (χ3v) is 4.22. The van der Waals surface area contributed by atoms with Gasteiger partial charge >= 0.3 is 0 Å². The van der Waals surface area contributed by atoms with E-state index in [1.165, 1.54) is 25.9 Å². The van der Waals surface area contributed by atoms with Crippen LogP contribution in [-0.2, 0) is 6.54 Å². The summed E-state index contributed by atoms with van der Waals surface area (Å²) < 4.78 is 2.24. The Hall–Kier alpha value is -1.10. The summed E-state index contributed by atoms with van der Waals surface area (Å²) in [5, 5.41) is 0.720. The molecule has 5 heteroatoms. The Balaban J connectivity index is 1.91. The fourth-order valence-corrected chi connectivity index (χ4v) is 3.12. The summed E-state index contributed by atoms with van der Waals surface area (Å²) in [4.78, 5) is 7.16. The van der Waals surface area contributed by atoms with Crippen LogP contribution in [0, 0.1) is 0 Å². The average molecular weight is 293 g/mol. The van der Waals surface area contributed by atoms with Crippen LogP contribution in [0.5, 0.6) is 0 Å². The van der Waals surface area contributed by atoms with E-state index in [0.717, 1.165) is 35.0 Å². The van der Waals surface area contributed by atoms with Crippen molar-refractivity contribution >= 4 is 22.6 Å².